The molecule has 0 aliphatic carbocycles. The Bertz CT molecular complexity index is 310. The van der Waals surface area contributed by atoms with E-state index in [9.17, 15) is 20.2 Å². The topological polar surface area (TPSA) is 144 Å². The molecule has 0 bridgehead atoms. The van der Waals surface area contributed by atoms with Crippen LogP contribution in [-0.2, 0) is 0 Å². The highest BCUT2D eigenvalue weighted by Crippen LogP contribution is 2.05. The molecule has 0 fully saturated rings. The zero-order valence-electron chi connectivity index (χ0n) is 6.68. The van der Waals surface area contributed by atoms with Crippen molar-refractivity contribution < 1.29 is 15.0 Å². The molecule has 0 amide bonds. The molecule has 0 spiro atoms. The zero-order valence-corrected chi connectivity index (χ0v) is 6.68. The van der Waals surface area contributed by atoms with Crippen LogP contribution in [0.2, 0.25) is 0 Å². The van der Waals surface area contributed by atoms with Crippen molar-refractivity contribution in [2.24, 2.45) is 15.2 Å². The van der Waals surface area contributed by atoms with Crippen molar-refractivity contribution in [3.8, 4) is 0 Å². The number of hydrogen-bond acceptors (Lipinski definition) is 8. The number of nitrogens with zero attached hydrogens (tertiary/aromatic N) is 5. The molecule has 1 N–H and O–H groups in total. The quantitative estimate of drug-likeness (QED) is 0.357. The van der Waals surface area contributed by atoms with Gasteiger partial charge in [-0.15, -0.1) is 5.11 Å². The highest BCUT2D eigenvalue weighted by atomic mass is 16.7. The van der Waals surface area contributed by atoms with Crippen molar-refractivity contribution >= 4 is 5.84 Å². The Morgan fingerprint density at radius 3 is 2.43 bits per heavy atom. The SMILES string of the molecule is O=[N+]([O-])C(C1=NC(O)CN=N1)[N+](=O)[O-]. The largest absolute Gasteiger partial charge is 0.511 e. The third-order valence-electron chi connectivity index (χ3n) is 1.33. The molecule has 1 heterocycles. The van der Waals surface area contributed by atoms with Gasteiger partial charge in [0.15, 0.2) is 6.23 Å². The summed E-state index contributed by atoms with van der Waals surface area (Å²) in [7, 11) is 0. The average molecular weight is 203 g/mol. The van der Waals surface area contributed by atoms with Gasteiger partial charge in [-0.2, -0.15) is 5.11 Å². The van der Waals surface area contributed by atoms with E-state index in [2.05, 4.69) is 15.2 Å². The minimum Gasteiger partial charge on any atom is -0.370 e. The number of aliphatic hydroxyl groups is 1. The first-order valence-electron chi connectivity index (χ1n) is 3.42. The lowest BCUT2D eigenvalue weighted by Crippen LogP contribution is -2.38. The first-order valence-corrected chi connectivity index (χ1v) is 3.42. The van der Waals surface area contributed by atoms with E-state index in [1.165, 1.54) is 0 Å². The van der Waals surface area contributed by atoms with Crippen LogP contribution in [-0.4, -0.2) is 39.7 Å². The summed E-state index contributed by atoms with van der Waals surface area (Å²) in [5.74, 6) is -0.696. The number of aliphatic hydroxyl groups excluding tert-OH is 1. The Kier molecular flexibility index (Phi) is 2.76. The van der Waals surface area contributed by atoms with Crippen LogP contribution in [0.3, 0.4) is 0 Å². The average Bonchev–Trinajstić information content (AvgIpc) is 2.02. The fourth-order valence-electron chi connectivity index (χ4n) is 0.789. The van der Waals surface area contributed by atoms with E-state index < -0.39 is 28.1 Å². The molecule has 1 aliphatic heterocycles. The Morgan fingerprint density at radius 2 is 2.00 bits per heavy atom. The van der Waals surface area contributed by atoms with Crippen LogP contribution in [0.1, 0.15) is 0 Å². The predicted molar refractivity (Wildman–Crippen MR) is 40.9 cm³/mol. The van der Waals surface area contributed by atoms with Gasteiger partial charge in [0, 0.05) is 0 Å². The Labute approximate surface area is 76.3 Å². The maximum Gasteiger partial charge on any atom is 0.511 e. The number of aliphatic imine (C=N–C) groups is 1. The van der Waals surface area contributed by atoms with E-state index in [0.717, 1.165) is 0 Å². The number of rotatable bonds is 3. The van der Waals surface area contributed by atoms with Gasteiger partial charge in [0.25, 0.3) is 0 Å². The van der Waals surface area contributed by atoms with E-state index in [1.807, 2.05) is 0 Å². The third kappa shape index (κ3) is 2.04. The molecule has 0 aromatic rings. The fraction of sp³-hybridized carbons (Fsp3) is 0.750. The molecule has 1 aliphatic rings. The van der Waals surface area contributed by atoms with Crippen LogP contribution >= 0.6 is 0 Å². The normalized spacial score (nSPS) is 20.7. The van der Waals surface area contributed by atoms with Crippen molar-refractivity contribution in [2.45, 2.75) is 12.4 Å². The van der Waals surface area contributed by atoms with Crippen LogP contribution in [0.15, 0.2) is 15.2 Å². The van der Waals surface area contributed by atoms with Crippen molar-refractivity contribution in [3.05, 3.63) is 20.2 Å². The Balaban J connectivity index is 2.94. The molecule has 14 heavy (non-hydrogen) atoms. The summed E-state index contributed by atoms with van der Waals surface area (Å²) >= 11 is 0. The second-order valence-corrected chi connectivity index (χ2v) is 2.34. The summed E-state index contributed by atoms with van der Waals surface area (Å²) in [6, 6.07) is 0. The number of amidine groups is 1. The fourth-order valence-corrected chi connectivity index (χ4v) is 0.789. The molecule has 0 saturated heterocycles. The van der Waals surface area contributed by atoms with Crippen molar-refractivity contribution in [1.29, 1.82) is 0 Å². The molecule has 10 heteroatoms. The van der Waals surface area contributed by atoms with E-state index >= 15 is 0 Å². The highest BCUT2D eigenvalue weighted by molar-refractivity contribution is 5.85. The van der Waals surface area contributed by atoms with Crippen LogP contribution in [0, 0.1) is 20.2 Å². The lowest BCUT2D eigenvalue weighted by molar-refractivity contribution is -0.719. The summed E-state index contributed by atoms with van der Waals surface area (Å²) in [5, 5.41) is 35.8. The lowest BCUT2D eigenvalue weighted by atomic mass is 10.4. The van der Waals surface area contributed by atoms with Gasteiger partial charge in [-0.1, -0.05) is 0 Å². The van der Waals surface area contributed by atoms with Gasteiger partial charge in [0.1, 0.15) is 16.4 Å². The molecule has 0 aromatic heterocycles. The lowest BCUT2D eigenvalue weighted by Gasteiger charge is -2.07. The van der Waals surface area contributed by atoms with Gasteiger partial charge in [0.2, 0.25) is 0 Å². The van der Waals surface area contributed by atoms with Crippen molar-refractivity contribution in [3.63, 3.8) is 0 Å². The maximum atomic E-state index is 10.2. The summed E-state index contributed by atoms with van der Waals surface area (Å²) in [4.78, 5) is 21.4. The monoisotopic (exact) mass is 203 g/mol. The smallest absolute Gasteiger partial charge is 0.370 e. The second kappa shape index (κ2) is 3.83. The van der Waals surface area contributed by atoms with Gasteiger partial charge in [-0.25, -0.2) is 4.99 Å². The van der Waals surface area contributed by atoms with Crippen LogP contribution in [0.4, 0.5) is 0 Å². The van der Waals surface area contributed by atoms with Crippen LogP contribution < -0.4 is 0 Å². The minimum absolute atomic E-state index is 0.147. The zero-order chi connectivity index (χ0) is 10.7. The van der Waals surface area contributed by atoms with E-state index in [4.69, 9.17) is 5.11 Å². The standard InChI is InChI=1S/C4H5N5O5/c10-2-1-5-7-3(6-2)4(8(11)12)9(13)14/h2,4,10H,1H2. The minimum atomic E-state index is -2.27. The molecular formula is C4H5N5O5. The molecule has 0 aromatic carbocycles. The molecule has 76 valence electrons. The van der Waals surface area contributed by atoms with Crippen LogP contribution in [0.5, 0.6) is 0 Å². The van der Waals surface area contributed by atoms with Gasteiger partial charge < -0.3 is 5.11 Å². The Morgan fingerprint density at radius 1 is 1.43 bits per heavy atom. The number of azo groups is 1. The van der Waals surface area contributed by atoms with Gasteiger partial charge in [-0.05, 0) is 0 Å². The summed E-state index contributed by atoms with van der Waals surface area (Å²) < 4.78 is 0. The predicted octanol–water partition coefficient (Wildman–Crippen LogP) is -0.951. The van der Waals surface area contributed by atoms with Gasteiger partial charge >= 0.3 is 12.0 Å². The first kappa shape index (κ1) is 10.1. The summed E-state index contributed by atoms with van der Waals surface area (Å²) in [6.07, 6.45) is -3.57. The number of nitro groups is 2. The van der Waals surface area contributed by atoms with E-state index in [0.29, 0.717) is 0 Å². The van der Waals surface area contributed by atoms with Crippen LogP contribution in [0.25, 0.3) is 0 Å². The molecule has 1 rings (SSSR count). The van der Waals surface area contributed by atoms with E-state index in [-0.39, 0.29) is 6.54 Å². The molecule has 0 radical (unpaired) electrons. The molecule has 1 atom stereocenters. The second-order valence-electron chi connectivity index (χ2n) is 2.34. The molecular weight excluding hydrogens is 198 g/mol. The molecule has 0 saturated carbocycles. The first-order chi connectivity index (χ1) is 6.52. The highest BCUT2D eigenvalue weighted by Gasteiger charge is 2.41. The summed E-state index contributed by atoms with van der Waals surface area (Å²) in [5.41, 5.74) is 0. The summed E-state index contributed by atoms with van der Waals surface area (Å²) in [6.45, 7) is -0.147. The van der Waals surface area contributed by atoms with Crippen molar-refractivity contribution in [2.75, 3.05) is 6.54 Å². The van der Waals surface area contributed by atoms with Gasteiger partial charge in [0.05, 0.1) is 0 Å². The van der Waals surface area contributed by atoms with Crippen molar-refractivity contribution in [1.82, 2.24) is 0 Å². The molecule has 10 nitrogen and oxygen atoms in total. The van der Waals surface area contributed by atoms with E-state index in [1.54, 1.807) is 0 Å². The molecule has 1 unspecified atom stereocenters. The van der Waals surface area contributed by atoms with Gasteiger partial charge in [-0.3, -0.25) is 20.2 Å². The number of hydrogen-bond donors (Lipinski definition) is 1. The Hall–Kier alpha value is -1.97. The third-order valence-corrected chi connectivity index (χ3v) is 1.33. The maximum absolute atomic E-state index is 10.2.